The van der Waals surface area contributed by atoms with Crippen LogP contribution in [0.5, 0.6) is 0 Å². The Morgan fingerprint density at radius 2 is 2.06 bits per heavy atom. The van der Waals surface area contributed by atoms with E-state index in [1.807, 2.05) is 6.92 Å². The predicted octanol–water partition coefficient (Wildman–Crippen LogP) is -0.162. The van der Waals surface area contributed by atoms with Gasteiger partial charge in [0.2, 0.25) is 11.8 Å². The van der Waals surface area contributed by atoms with Gasteiger partial charge in [0.25, 0.3) is 0 Å². The maximum absolute atomic E-state index is 11.9. The Hall–Kier alpha value is -1.10. The summed E-state index contributed by atoms with van der Waals surface area (Å²) in [5.41, 5.74) is 10.7. The molecule has 0 aromatic carbocycles. The highest BCUT2D eigenvalue weighted by Crippen LogP contribution is 2.29. The SMILES string of the molecule is CCCN(CC1CC1)C(=O)C(N)CC(N)=O. The van der Waals surface area contributed by atoms with E-state index in [-0.39, 0.29) is 12.3 Å². The molecule has 1 unspecified atom stereocenters. The maximum Gasteiger partial charge on any atom is 0.240 e. The van der Waals surface area contributed by atoms with E-state index in [2.05, 4.69) is 0 Å². The summed E-state index contributed by atoms with van der Waals surface area (Å²) in [4.78, 5) is 24.4. The van der Waals surface area contributed by atoms with Crippen molar-refractivity contribution in [2.24, 2.45) is 17.4 Å². The fourth-order valence-electron chi connectivity index (χ4n) is 1.71. The van der Waals surface area contributed by atoms with Crippen LogP contribution in [0.4, 0.5) is 0 Å². The van der Waals surface area contributed by atoms with E-state index >= 15 is 0 Å². The van der Waals surface area contributed by atoms with E-state index in [4.69, 9.17) is 11.5 Å². The summed E-state index contributed by atoms with van der Waals surface area (Å²) in [5.74, 6) is -0.0347. The van der Waals surface area contributed by atoms with Crippen LogP contribution in [0.1, 0.15) is 32.6 Å². The zero-order valence-corrected chi connectivity index (χ0v) is 9.82. The molecule has 4 N–H and O–H groups in total. The molecular weight excluding hydrogens is 206 g/mol. The van der Waals surface area contributed by atoms with Crippen LogP contribution < -0.4 is 11.5 Å². The number of nitrogens with zero attached hydrogens (tertiary/aromatic N) is 1. The van der Waals surface area contributed by atoms with Crippen molar-refractivity contribution in [1.29, 1.82) is 0 Å². The van der Waals surface area contributed by atoms with Gasteiger partial charge in [0, 0.05) is 13.1 Å². The van der Waals surface area contributed by atoms with Crippen LogP contribution in [0.25, 0.3) is 0 Å². The number of carbonyl (C=O) groups excluding carboxylic acids is 2. The standard InChI is InChI=1S/C11H21N3O2/c1-2-5-14(7-8-3-4-8)11(16)9(12)6-10(13)15/h8-9H,2-7,12H2,1H3,(H2,13,15). The van der Waals surface area contributed by atoms with Crippen LogP contribution in [0.2, 0.25) is 0 Å². The number of amides is 2. The molecule has 1 aliphatic rings. The van der Waals surface area contributed by atoms with Gasteiger partial charge >= 0.3 is 0 Å². The topological polar surface area (TPSA) is 89.4 Å². The summed E-state index contributed by atoms with van der Waals surface area (Å²) in [5, 5.41) is 0. The fourth-order valence-corrected chi connectivity index (χ4v) is 1.71. The van der Waals surface area contributed by atoms with E-state index in [9.17, 15) is 9.59 Å². The van der Waals surface area contributed by atoms with Gasteiger partial charge in [-0.3, -0.25) is 9.59 Å². The first-order chi connectivity index (χ1) is 7.54. The summed E-state index contributed by atoms with van der Waals surface area (Å²) in [6, 6.07) is -0.775. The molecule has 2 amide bonds. The molecule has 0 bridgehead atoms. The van der Waals surface area contributed by atoms with Crippen LogP contribution in [-0.2, 0) is 9.59 Å². The van der Waals surface area contributed by atoms with Crippen LogP contribution in [0.3, 0.4) is 0 Å². The van der Waals surface area contributed by atoms with Crippen LogP contribution in [-0.4, -0.2) is 35.8 Å². The van der Waals surface area contributed by atoms with Gasteiger partial charge in [0.05, 0.1) is 12.5 Å². The third-order valence-corrected chi connectivity index (χ3v) is 2.72. The molecule has 1 aliphatic carbocycles. The van der Waals surface area contributed by atoms with Crippen molar-refractivity contribution in [3.05, 3.63) is 0 Å². The van der Waals surface area contributed by atoms with Gasteiger partial charge in [0.1, 0.15) is 0 Å². The molecular formula is C11H21N3O2. The zero-order chi connectivity index (χ0) is 12.1. The maximum atomic E-state index is 11.9. The zero-order valence-electron chi connectivity index (χ0n) is 9.82. The summed E-state index contributed by atoms with van der Waals surface area (Å²) in [6.07, 6.45) is 3.22. The normalized spacial score (nSPS) is 16.9. The lowest BCUT2D eigenvalue weighted by atomic mass is 10.1. The first-order valence-electron chi connectivity index (χ1n) is 5.87. The number of carbonyl (C=O) groups is 2. The number of primary amides is 1. The largest absolute Gasteiger partial charge is 0.370 e. The fraction of sp³-hybridized carbons (Fsp3) is 0.818. The average Bonchev–Trinajstić information content (AvgIpc) is 2.99. The van der Waals surface area contributed by atoms with E-state index in [1.54, 1.807) is 4.90 Å². The van der Waals surface area contributed by atoms with Gasteiger partial charge in [-0.15, -0.1) is 0 Å². The minimum absolute atomic E-state index is 0.0658. The Bertz CT molecular complexity index is 264. The second-order valence-corrected chi connectivity index (χ2v) is 4.50. The van der Waals surface area contributed by atoms with Crippen molar-refractivity contribution < 1.29 is 9.59 Å². The van der Waals surface area contributed by atoms with Gasteiger partial charge < -0.3 is 16.4 Å². The molecule has 0 heterocycles. The quantitative estimate of drug-likeness (QED) is 0.633. The Labute approximate surface area is 96.1 Å². The molecule has 0 saturated heterocycles. The smallest absolute Gasteiger partial charge is 0.240 e. The molecule has 5 nitrogen and oxygen atoms in total. The lowest BCUT2D eigenvalue weighted by Gasteiger charge is -2.24. The van der Waals surface area contributed by atoms with E-state index in [1.165, 1.54) is 12.8 Å². The Kier molecular flexibility index (Phi) is 4.73. The van der Waals surface area contributed by atoms with Crippen molar-refractivity contribution >= 4 is 11.8 Å². The van der Waals surface area contributed by atoms with Crippen molar-refractivity contribution in [3.63, 3.8) is 0 Å². The second kappa shape index (κ2) is 5.84. The molecule has 1 atom stereocenters. The van der Waals surface area contributed by atoms with Crippen LogP contribution in [0.15, 0.2) is 0 Å². The third kappa shape index (κ3) is 4.18. The highest BCUT2D eigenvalue weighted by Gasteiger charge is 2.28. The average molecular weight is 227 g/mol. The van der Waals surface area contributed by atoms with Crippen molar-refractivity contribution in [2.45, 2.75) is 38.6 Å². The lowest BCUT2D eigenvalue weighted by Crippen LogP contribution is -2.46. The van der Waals surface area contributed by atoms with Crippen molar-refractivity contribution in [3.8, 4) is 0 Å². The Balaban J connectivity index is 2.46. The minimum atomic E-state index is -0.775. The first-order valence-corrected chi connectivity index (χ1v) is 5.87. The second-order valence-electron chi connectivity index (χ2n) is 4.50. The summed E-state index contributed by atoms with van der Waals surface area (Å²) in [6.45, 7) is 3.51. The van der Waals surface area contributed by atoms with Crippen LogP contribution in [0, 0.1) is 5.92 Å². The minimum Gasteiger partial charge on any atom is -0.370 e. The number of hydrogen-bond acceptors (Lipinski definition) is 3. The van der Waals surface area contributed by atoms with E-state index in [0.29, 0.717) is 12.5 Å². The number of hydrogen-bond donors (Lipinski definition) is 2. The molecule has 0 spiro atoms. The summed E-state index contributed by atoms with van der Waals surface area (Å²) < 4.78 is 0. The molecule has 16 heavy (non-hydrogen) atoms. The van der Waals surface area contributed by atoms with Gasteiger partial charge in [-0.2, -0.15) is 0 Å². The molecule has 92 valence electrons. The molecule has 0 radical (unpaired) electrons. The van der Waals surface area contributed by atoms with Crippen molar-refractivity contribution in [2.75, 3.05) is 13.1 Å². The molecule has 5 heteroatoms. The highest BCUT2D eigenvalue weighted by atomic mass is 16.2. The molecule has 1 saturated carbocycles. The highest BCUT2D eigenvalue weighted by molar-refractivity contribution is 5.87. The van der Waals surface area contributed by atoms with E-state index in [0.717, 1.165) is 13.0 Å². The lowest BCUT2D eigenvalue weighted by molar-refractivity contribution is -0.134. The van der Waals surface area contributed by atoms with Crippen LogP contribution >= 0.6 is 0 Å². The molecule has 1 rings (SSSR count). The number of rotatable bonds is 7. The van der Waals surface area contributed by atoms with Gasteiger partial charge in [0.15, 0.2) is 0 Å². The van der Waals surface area contributed by atoms with Crippen molar-refractivity contribution in [1.82, 2.24) is 4.90 Å². The van der Waals surface area contributed by atoms with Gasteiger partial charge in [-0.05, 0) is 25.2 Å². The summed E-state index contributed by atoms with van der Waals surface area (Å²) in [7, 11) is 0. The van der Waals surface area contributed by atoms with Gasteiger partial charge in [-0.1, -0.05) is 6.92 Å². The summed E-state index contributed by atoms with van der Waals surface area (Å²) >= 11 is 0. The Morgan fingerprint density at radius 3 is 2.50 bits per heavy atom. The third-order valence-electron chi connectivity index (χ3n) is 2.72. The monoisotopic (exact) mass is 227 g/mol. The van der Waals surface area contributed by atoms with E-state index < -0.39 is 11.9 Å². The first kappa shape index (κ1) is 13.0. The number of nitrogens with two attached hydrogens (primary N) is 2. The molecule has 0 aromatic heterocycles. The Morgan fingerprint density at radius 1 is 1.44 bits per heavy atom. The molecule has 0 aromatic rings. The molecule has 1 fully saturated rings. The predicted molar refractivity (Wildman–Crippen MR) is 61.4 cm³/mol. The van der Waals surface area contributed by atoms with Gasteiger partial charge in [-0.25, -0.2) is 0 Å². The molecule has 0 aliphatic heterocycles.